The molecule has 0 saturated heterocycles. The summed E-state index contributed by atoms with van der Waals surface area (Å²) < 4.78 is 10.5. The number of aromatic nitrogens is 2. The second kappa shape index (κ2) is 9.12. The molecule has 0 unspecified atom stereocenters. The van der Waals surface area contributed by atoms with Crippen LogP contribution in [0.2, 0.25) is 5.28 Å². The number of nitrogens with two attached hydrogens (primary N) is 1. The summed E-state index contributed by atoms with van der Waals surface area (Å²) in [4.78, 5) is 7.76. The predicted molar refractivity (Wildman–Crippen MR) is 66.2 cm³/mol. The lowest BCUT2D eigenvalue weighted by Crippen LogP contribution is -2.15. The van der Waals surface area contributed by atoms with Gasteiger partial charge < -0.3 is 20.5 Å². The maximum atomic E-state index is 5.64. The summed E-state index contributed by atoms with van der Waals surface area (Å²) in [5.74, 6) is 0.688. The molecule has 3 N–H and O–H groups in total. The number of hydrogen-bond donors (Lipinski definition) is 2. The summed E-state index contributed by atoms with van der Waals surface area (Å²) in [7, 11) is 0. The van der Waals surface area contributed by atoms with Crippen molar-refractivity contribution >= 4 is 17.4 Å². The van der Waals surface area contributed by atoms with Crippen molar-refractivity contribution in [1.29, 1.82) is 0 Å². The third kappa shape index (κ3) is 7.06. The van der Waals surface area contributed by atoms with E-state index < -0.39 is 0 Å². The molecule has 6 nitrogen and oxygen atoms in total. The van der Waals surface area contributed by atoms with Gasteiger partial charge in [0.2, 0.25) is 5.28 Å². The maximum Gasteiger partial charge on any atom is 0.224 e. The minimum Gasteiger partial charge on any atom is -0.378 e. The van der Waals surface area contributed by atoms with Crippen LogP contribution < -0.4 is 11.1 Å². The van der Waals surface area contributed by atoms with E-state index in [0.29, 0.717) is 45.3 Å². The molecule has 0 spiro atoms. The van der Waals surface area contributed by atoms with Crippen LogP contribution in [0, 0.1) is 0 Å². The van der Waals surface area contributed by atoms with Crippen molar-refractivity contribution in [2.24, 2.45) is 5.73 Å². The van der Waals surface area contributed by atoms with E-state index in [1.807, 2.05) is 0 Å². The molecule has 0 aliphatic rings. The highest BCUT2D eigenvalue weighted by Gasteiger charge is 1.95. The third-order valence-electron chi connectivity index (χ3n) is 1.81. The Morgan fingerprint density at radius 1 is 1.24 bits per heavy atom. The number of nitrogens with zero attached hydrogens (tertiary/aromatic N) is 2. The Hall–Kier alpha value is -0.950. The molecule has 7 heteroatoms. The van der Waals surface area contributed by atoms with Crippen LogP contribution in [-0.4, -0.2) is 49.5 Å². The molecule has 0 fully saturated rings. The quantitative estimate of drug-likeness (QED) is 0.498. The zero-order valence-electron chi connectivity index (χ0n) is 9.56. The molecule has 1 aromatic heterocycles. The molecule has 0 radical (unpaired) electrons. The van der Waals surface area contributed by atoms with Crippen molar-refractivity contribution in [1.82, 2.24) is 9.97 Å². The van der Waals surface area contributed by atoms with Crippen molar-refractivity contribution in [2.45, 2.75) is 0 Å². The molecule has 0 atom stereocenters. The molecule has 1 heterocycles. The summed E-state index contributed by atoms with van der Waals surface area (Å²) in [5.41, 5.74) is 5.27. The predicted octanol–water partition coefficient (Wildman–Crippen LogP) is 0.534. The summed E-state index contributed by atoms with van der Waals surface area (Å²) in [6.45, 7) is 3.47. The molecule has 0 aliphatic heterocycles. The summed E-state index contributed by atoms with van der Waals surface area (Å²) in [6, 6.07) is 1.75. The van der Waals surface area contributed by atoms with Crippen LogP contribution in [0.25, 0.3) is 0 Å². The SMILES string of the molecule is NCCOCCOCCNc1ccnc(Cl)n1. The standard InChI is InChI=1S/C10H17ClN4O2/c11-10-14-3-1-9(15-10)13-4-6-17-8-7-16-5-2-12/h1,3H,2,4-8,12H2,(H,13,14,15). The van der Waals surface area contributed by atoms with Crippen LogP contribution in [0.4, 0.5) is 5.82 Å². The first-order chi connectivity index (χ1) is 8.33. The van der Waals surface area contributed by atoms with Crippen LogP contribution in [0.3, 0.4) is 0 Å². The normalized spacial score (nSPS) is 10.5. The van der Waals surface area contributed by atoms with E-state index in [1.54, 1.807) is 12.3 Å². The van der Waals surface area contributed by atoms with E-state index >= 15 is 0 Å². The van der Waals surface area contributed by atoms with Crippen LogP contribution in [0.1, 0.15) is 0 Å². The number of anilines is 1. The average Bonchev–Trinajstić information content (AvgIpc) is 2.33. The minimum atomic E-state index is 0.228. The lowest BCUT2D eigenvalue weighted by atomic mass is 10.5. The van der Waals surface area contributed by atoms with Gasteiger partial charge >= 0.3 is 0 Å². The lowest BCUT2D eigenvalue weighted by Gasteiger charge is -2.06. The van der Waals surface area contributed by atoms with Crippen molar-refractivity contribution in [2.75, 3.05) is 44.8 Å². The zero-order chi connectivity index (χ0) is 12.3. The molecule has 0 aromatic carbocycles. The zero-order valence-corrected chi connectivity index (χ0v) is 10.3. The van der Waals surface area contributed by atoms with Crippen LogP contribution in [-0.2, 0) is 9.47 Å². The van der Waals surface area contributed by atoms with Crippen molar-refractivity contribution in [3.05, 3.63) is 17.5 Å². The van der Waals surface area contributed by atoms with E-state index in [2.05, 4.69) is 15.3 Å². The van der Waals surface area contributed by atoms with Gasteiger partial charge in [-0.3, -0.25) is 0 Å². The van der Waals surface area contributed by atoms with Crippen LogP contribution >= 0.6 is 11.6 Å². The number of rotatable bonds is 9. The molecular weight excluding hydrogens is 244 g/mol. The van der Waals surface area contributed by atoms with Gasteiger partial charge in [-0.25, -0.2) is 9.97 Å². The number of ether oxygens (including phenoxy) is 2. The van der Waals surface area contributed by atoms with E-state index in [4.69, 9.17) is 26.8 Å². The fraction of sp³-hybridized carbons (Fsp3) is 0.600. The first kappa shape index (κ1) is 14.1. The molecule has 0 amide bonds. The second-order valence-electron chi connectivity index (χ2n) is 3.15. The monoisotopic (exact) mass is 260 g/mol. The number of nitrogens with one attached hydrogen (secondary N) is 1. The maximum absolute atomic E-state index is 5.64. The van der Waals surface area contributed by atoms with E-state index in [-0.39, 0.29) is 5.28 Å². The second-order valence-corrected chi connectivity index (χ2v) is 3.49. The Balaban J connectivity index is 1.97. The van der Waals surface area contributed by atoms with Crippen molar-refractivity contribution in [3.8, 4) is 0 Å². The van der Waals surface area contributed by atoms with Gasteiger partial charge in [0.25, 0.3) is 0 Å². The Morgan fingerprint density at radius 2 is 2.00 bits per heavy atom. The van der Waals surface area contributed by atoms with E-state index in [9.17, 15) is 0 Å². The molecule has 96 valence electrons. The average molecular weight is 261 g/mol. The number of halogens is 1. The topological polar surface area (TPSA) is 82.3 Å². The Labute approximate surface area is 105 Å². The minimum absolute atomic E-state index is 0.228. The van der Waals surface area contributed by atoms with Gasteiger partial charge in [0.1, 0.15) is 5.82 Å². The molecule has 0 aliphatic carbocycles. The molecule has 1 rings (SSSR count). The van der Waals surface area contributed by atoms with Crippen LogP contribution in [0.15, 0.2) is 12.3 Å². The smallest absolute Gasteiger partial charge is 0.224 e. The Morgan fingerprint density at radius 3 is 2.71 bits per heavy atom. The molecule has 17 heavy (non-hydrogen) atoms. The Kier molecular flexibility index (Phi) is 7.57. The van der Waals surface area contributed by atoms with E-state index in [0.717, 1.165) is 0 Å². The largest absolute Gasteiger partial charge is 0.378 e. The van der Waals surface area contributed by atoms with Gasteiger partial charge in [0, 0.05) is 19.3 Å². The Bertz CT molecular complexity index is 314. The van der Waals surface area contributed by atoms with Gasteiger partial charge in [0.05, 0.1) is 26.4 Å². The molecular formula is C10H17ClN4O2. The van der Waals surface area contributed by atoms with Crippen molar-refractivity contribution < 1.29 is 9.47 Å². The summed E-state index contributed by atoms with van der Waals surface area (Å²) in [5, 5.41) is 3.29. The first-order valence-corrected chi connectivity index (χ1v) is 5.78. The van der Waals surface area contributed by atoms with Crippen molar-refractivity contribution in [3.63, 3.8) is 0 Å². The van der Waals surface area contributed by atoms with Gasteiger partial charge in [-0.05, 0) is 17.7 Å². The third-order valence-corrected chi connectivity index (χ3v) is 2.00. The highest BCUT2D eigenvalue weighted by atomic mass is 35.5. The summed E-state index contributed by atoms with van der Waals surface area (Å²) in [6.07, 6.45) is 1.60. The lowest BCUT2D eigenvalue weighted by molar-refractivity contribution is 0.0547. The summed E-state index contributed by atoms with van der Waals surface area (Å²) >= 11 is 5.64. The first-order valence-electron chi connectivity index (χ1n) is 5.41. The highest BCUT2D eigenvalue weighted by Crippen LogP contribution is 2.04. The number of hydrogen-bond acceptors (Lipinski definition) is 6. The van der Waals surface area contributed by atoms with Gasteiger partial charge in [-0.15, -0.1) is 0 Å². The van der Waals surface area contributed by atoms with Gasteiger partial charge in [-0.1, -0.05) is 0 Å². The van der Waals surface area contributed by atoms with Crippen LogP contribution in [0.5, 0.6) is 0 Å². The molecule has 0 saturated carbocycles. The highest BCUT2D eigenvalue weighted by molar-refractivity contribution is 6.28. The molecule has 1 aromatic rings. The molecule has 0 bridgehead atoms. The van der Waals surface area contributed by atoms with E-state index in [1.165, 1.54) is 0 Å². The fourth-order valence-electron chi connectivity index (χ4n) is 1.09. The fourth-order valence-corrected chi connectivity index (χ4v) is 1.24. The van der Waals surface area contributed by atoms with Gasteiger partial charge in [0.15, 0.2) is 0 Å². The van der Waals surface area contributed by atoms with Gasteiger partial charge in [-0.2, -0.15) is 0 Å².